The number of urea groups is 1. The first-order valence-corrected chi connectivity index (χ1v) is 13.2. The van der Waals surface area contributed by atoms with Crippen LogP contribution in [0, 0.1) is 0 Å². The summed E-state index contributed by atoms with van der Waals surface area (Å²) in [5.74, 6) is 1.16. The van der Waals surface area contributed by atoms with E-state index in [1.54, 1.807) is 27.9 Å². The molecule has 0 spiro atoms. The second-order valence-electron chi connectivity index (χ2n) is 8.93. The second-order valence-corrected chi connectivity index (χ2v) is 9.85. The molecule has 0 aliphatic heterocycles. The van der Waals surface area contributed by atoms with Gasteiger partial charge in [0.15, 0.2) is 0 Å². The Balaban J connectivity index is 1.61. The third-order valence-corrected chi connectivity index (χ3v) is 6.93. The van der Waals surface area contributed by atoms with Gasteiger partial charge in [0.2, 0.25) is 0 Å². The summed E-state index contributed by atoms with van der Waals surface area (Å²) in [6, 6.07) is 27.3. The van der Waals surface area contributed by atoms with Gasteiger partial charge in [-0.05, 0) is 60.5 Å². The zero-order valence-electron chi connectivity index (χ0n) is 20.9. The summed E-state index contributed by atoms with van der Waals surface area (Å²) >= 11 is 3.43. The number of fused-ring (bicyclic) bond motifs is 1. The van der Waals surface area contributed by atoms with E-state index in [9.17, 15) is 9.59 Å². The Kier molecular flexibility index (Phi) is 7.70. The number of anilines is 1. The zero-order valence-corrected chi connectivity index (χ0v) is 22.5. The van der Waals surface area contributed by atoms with Crippen LogP contribution in [0.3, 0.4) is 0 Å². The van der Waals surface area contributed by atoms with Gasteiger partial charge in [0.1, 0.15) is 11.6 Å². The van der Waals surface area contributed by atoms with E-state index in [0.717, 1.165) is 10.0 Å². The van der Waals surface area contributed by atoms with Gasteiger partial charge < -0.3 is 14.6 Å². The Morgan fingerprint density at radius 1 is 1.00 bits per heavy atom. The lowest BCUT2D eigenvalue weighted by atomic mass is 10.1. The summed E-state index contributed by atoms with van der Waals surface area (Å²) in [7, 11) is 0. The molecule has 1 atom stereocenters. The standard InChI is InChI=1S/C30H27BrN4O3/c1-2-27(34(20-24-11-8-18-38-24)30(37)32-23-16-14-22(31)15-17-23)28-33-26-13-7-6-12-25(26)29(36)35(28)19-21-9-4-3-5-10-21/h3-18,27H,2,19-20H2,1H3,(H,32,37). The molecule has 0 saturated heterocycles. The first-order valence-electron chi connectivity index (χ1n) is 12.4. The molecule has 0 bridgehead atoms. The first-order chi connectivity index (χ1) is 18.5. The molecule has 3 aromatic carbocycles. The molecule has 5 aromatic rings. The van der Waals surface area contributed by atoms with E-state index in [2.05, 4.69) is 21.2 Å². The third-order valence-electron chi connectivity index (χ3n) is 6.40. The molecule has 0 fully saturated rings. The molecule has 2 aromatic heterocycles. The molecule has 0 aliphatic rings. The number of para-hydroxylation sites is 1. The van der Waals surface area contributed by atoms with Crippen molar-refractivity contribution in [1.29, 1.82) is 0 Å². The van der Waals surface area contributed by atoms with Crippen LogP contribution in [-0.4, -0.2) is 20.5 Å². The molecule has 7 nitrogen and oxygen atoms in total. The lowest BCUT2D eigenvalue weighted by molar-refractivity contribution is 0.169. The van der Waals surface area contributed by atoms with E-state index < -0.39 is 6.04 Å². The molecule has 192 valence electrons. The highest BCUT2D eigenvalue weighted by molar-refractivity contribution is 9.10. The SMILES string of the molecule is CCC(c1nc2ccccc2c(=O)n1Cc1ccccc1)N(Cc1ccco1)C(=O)Nc1ccc(Br)cc1. The minimum absolute atomic E-state index is 0.140. The van der Waals surface area contributed by atoms with Crippen molar-refractivity contribution in [2.45, 2.75) is 32.5 Å². The van der Waals surface area contributed by atoms with E-state index in [4.69, 9.17) is 9.40 Å². The van der Waals surface area contributed by atoms with E-state index in [-0.39, 0.29) is 18.1 Å². The summed E-state index contributed by atoms with van der Waals surface area (Å²) in [5, 5.41) is 3.54. The van der Waals surface area contributed by atoms with Crippen molar-refractivity contribution in [3.63, 3.8) is 0 Å². The van der Waals surface area contributed by atoms with Crippen LogP contribution in [0.2, 0.25) is 0 Å². The Hall–Kier alpha value is -4.17. The summed E-state index contributed by atoms with van der Waals surface area (Å²) < 4.78 is 8.22. The number of nitrogens with zero attached hydrogens (tertiary/aromatic N) is 3. The fourth-order valence-electron chi connectivity index (χ4n) is 4.52. The molecule has 1 unspecified atom stereocenters. The van der Waals surface area contributed by atoms with Gasteiger partial charge in [-0.3, -0.25) is 9.36 Å². The van der Waals surface area contributed by atoms with Crippen LogP contribution >= 0.6 is 15.9 Å². The van der Waals surface area contributed by atoms with Gasteiger partial charge >= 0.3 is 6.03 Å². The average Bonchev–Trinajstić information content (AvgIpc) is 3.46. The molecule has 8 heteroatoms. The largest absolute Gasteiger partial charge is 0.467 e. The van der Waals surface area contributed by atoms with Gasteiger partial charge in [-0.25, -0.2) is 9.78 Å². The number of halogens is 1. The molecule has 0 saturated carbocycles. The number of amides is 2. The van der Waals surface area contributed by atoms with Crippen LogP contribution in [0.5, 0.6) is 0 Å². The van der Waals surface area contributed by atoms with Gasteiger partial charge in [0.25, 0.3) is 5.56 Å². The van der Waals surface area contributed by atoms with Crippen LogP contribution in [0.4, 0.5) is 10.5 Å². The number of carbonyl (C=O) groups excluding carboxylic acids is 1. The van der Waals surface area contributed by atoms with E-state index >= 15 is 0 Å². The third kappa shape index (κ3) is 5.55. The summed E-state index contributed by atoms with van der Waals surface area (Å²) in [6.07, 6.45) is 2.12. The fraction of sp³-hybridized carbons (Fsp3) is 0.167. The molecule has 2 heterocycles. The average molecular weight is 571 g/mol. The smallest absolute Gasteiger partial charge is 0.322 e. The maximum atomic E-state index is 13.8. The molecular weight excluding hydrogens is 544 g/mol. The van der Waals surface area contributed by atoms with E-state index in [1.165, 1.54) is 0 Å². The number of hydrogen-bond acceptors (Lipinski definition) is 4. The highest BCUT2D eigenvalue weighted by Gasteiger charge is 2.29. The van der Waals surface area contributed by atoms with Crippen LogP contribution in [0.15, 0.2) is 111 Å². The Labute approximate surface area is 228 Å². The summed E-state index contributed by atoms with van der Waals surface area (Å²) in [5.41, 5.74) is 2.09. The minimum Gasteiger partial charge on any atom is -0.467 e. The fourth-order valence-corrected chi connectivity index (χ4v) is 4.79. The van der Waals surface area contributed by atoms with Crippen molar-refractivity contribution in [3.05, 3.63) is 129 Å². The molecular formula is C30H27BrN4O3. The van der Waals surface area contributed by atoms with Crippen LogP contribution in [0.25, 0.3) is 10.9 Å². The van der Waals surface area contributed by atoms with Crippen molar-refractivity contribution in [2.75, 3.05) is 5.32 Å². The molecule has 0 radical (unpaired) electrons. The summed E-state index contributed by atoms with van der Waals surface area (Å²) in [6.45, 7) is 2.54. The number of benzene rings is 3. The Bertz CT molecular complexity index is 1580. The lowest BCUT2D eigenvalue weighted by Gasteiger charge is -2.32. The minimum atomic E-state index is -0.503. The summed E-state index contributed by atoms with van der Waals surface area (Å²) in [4.78, 5) is 34.2. The van der Waals surface area contributed by atoms with Crippen molar-refractivity contribution in [3.8, 4) is 0 Å². The van der Waals surface area contributed by atoms with Gasteiger partial charge in [-0.1, -0.05) is 65.3 Å². The monoisotopic (exact) mass is 570 g/mol. The molecule has 5 rings (SSSR count). The predicted molar refractivity (Wildman–Crippen MR) is 152 cm³/mol. The molecule has 0 aliphatic carbocycles. The van der Waals surface area contributed by atoms with Crippen molar-refractivity contribution >= 4 is 38.6 Å². The van der Waals surface area contributed by atoms with Crippen molar-refractivity contribution < 1.29 is 9.21 Å². The van der Waals surface area contributed by atoms with E-state index in [0.29, 0.717) is 41.1 Å². The maximum Gasteiger partial charge on any atom is 0.322 e. The van der Waals surface area contributed by atoms with Crippen molar-refractivity contribution in [2.24, 2.45) is 0 Å². The van der Waals surface area contributed by atoms with Crippen LogP contribution in [0.1, 0.15) is 36.5 Å². The quantitative estimate of drug-likeness (QED) is 0.218. The molecule has 38 heavy (non-hydrogen) atoms. The highest BCUT2D eigenvalue weighted by Crippen LogP contribution is 2.28. The zero-order chi connectivity index (χ0) is 26.5. The molecule has 1 N–H and O–H groups in total. The van der Waals surface area contributed by atoms with Gasteiger partial charge in [-0.15, -0.1) is 0 Å². The number of aromatic nitrogens is 2. The van der Waals surface area contributed by atoms with Crippen LogP contribution < -0.4 is 10.9 Å². The first kappa shape index (κ1) is 25.5. The molecule has 2 amide bonds. The predicted octanol–water partition coefficient (Wildman–Crippen LogP) is 6.99. The normalized spacial score (nSPS) is 11.8. The Morgan fingerprint density at radius 3 is 2.45 bits per heavy atom. The Morgan fingerprint density at radius 2 is 1.74 bits per heavy atom. The number of rotatable bonds is 8. The van der Waals surface area contributed by atoms with Crippen LogP contribution in [-0.2, 0) is 13.1 Å². The topological polar surface area (TPSA) is 80.4 Å². The van der Waals surface area contributed by atoms with Gasteiger partial charge in [-0.2, -0.15) is 0 Å². The number of hydrogen-bond donors (Lipinski definition) is 1. The van der Waals surface area contributed by atoms with Crippen molar-refractivity contribution in [1.82, 2.24) is 14.5 Å². The number of furan rings is 1. The lowest BCUT2D eigenvalue weighted by Crippen LogP contribution is -2.40. The second kappa shape index (κ2) is 11.5. The van der Waals surface area contributed by atoms with Gasteiger partial charge in [0, 0.05) is 10.2 Å². The number of carbonyl (C=O) groups is 1. The van der Waals surface area contributed by atoms with Gasteiger partial charge in [0.05, 0.1) is 36.3 Å². The van der Waals surface area contributed by atoms with E-state index in [1.807, 2.05) is 85.8 Å². The number of nitrogens with one attached hydrogen (secondary N) is 1. The highest BCUT2D eigenvalue weighted by atomic mass is 79.9. The maximum absolute atomic E-state index is 13.8.